The van der Waals surface area contributed by atoms with E-state index in [4.69, 9.17) is 9.47 Å². The van der Waals surface area contributed by atoms with Crippen LogP contribution in [-0.4, -0.2) is 18.9 Å². The van der Waals surface area contributed by atoms with Crippen molar-refractivity contribution >= 4 is 17.8 Å². The Labute approximate surface area is 172 Å². The third kappa shape index (κ3) is 4.07. The average molecular weight is 404 g/mol. The van der Waals surface area contributed by atoms with Crippen molar-refractivity contribution in [2.45, 2.75) is 6.61 Å². The molecule has 3 aromatic rings. The Bertz CT molecular complexity index is 1150. The number of hydrogen-bond acceptors (Lipinski definition) is 5. The number of allylic oxidation sites excluding steroid dienone is 1. The highest BCUT2D eigenvalue weighted by atomic mass is 19.1. The molecule has 150 valence electrons. The first-order valence-electron chi connectivity index (χ1n) is 9.17. The number of hydrogen-bond donors (Lipinski definition) is 0. The molecular formula is C24H17FO5. The molecule has 0 radical (unpaired) electrons. The highest BCUT2D eigenvalue weighted by Gasteiger charge is 2.27. The number of Topliss-reactive ketones (excluding diaryl/α,β-unsaturated/α-hetero) is 1. The summed E-state index contributed by atoms with van der Waals surface area (Å²) in [6.45, 7) is 0.278. The highest BCUT2D eigenvalue weighted by Crippen LogP contribution is 2.35. The molecule has 1 aliphatic heterocycles. The molecule has 30 heavy (non-hydrogen) atoms. The molecule has 1 heterocycles. The molecule has 1 aliphatic rings. The van der Waals surface area contributed by atoms with E-state index < -0.39 is 5.97 Å². The average Bonchev–Trinajstić information content (AvgIpc) is 3.06. The molecule has 0 saturated carbocycles. The number of benzene rings is 3. The minimum atomic E-state index is -0.398. The van der Waals surface area contributed by atoms with Crippen molar-refractivity contribution in [3.05, 3.63) is 101 Å². The summed E-state index contributed by atoms with van der Waals surface area (Å²) < 4.78 is 29.5. The Hall–Kier alpha value is -3.93. The molecule has 0 aromatic heterocycles. The SMILES string of the molecule is COC(=O)c1ccc(COc2ccc3c(c2)OC(=Cc2cccc(F)c2)C3=O)cc1. The maximum Gasteiger partial charge on any atom is 0.337 e. The van der Waals surface area contributed by atoms with Gasteiger partial charge in [-0.15, -0.1) is 0 Å². The predicted molar refractivity (Wildman–Crippen MR) is 108 cm³/mol. The van der Waals surface area contributed by atoms with Crippen LogP contribution in [0.2, 0.25) is 0 Å². The van der Waals surface area contributed by atoms with Crippen LogP contribution in [0.25, 0.3) is 6.08 Å². The first-order valence-corrected chi connectivity index (χ1v) is 9.17. The molecule has 0 unspecified atom stereocenters. The predicted octanol–water partition coefficient (Wildman–Crippen LogP) is 4.81. The van der Waals surface area contributed by atoms with Gasteiger partial charge in [0.25, 0.3) is 0 Å². The van der Waals surface area contributed by atoms with Crippen molar-refractivity contribution < 1.29 is 28.2 Å². The zero-order valence-corrected chi connectivity index (χ0v) is 16.1. The maximum absolute atomic E-state index is 13.4. The lowest BCUT2D eigenvalue weighted by Crippen LogP contribution is -2.02. The first-order chi connectivity index (χ1) is 14.5. The number of carbonyl (C=O) groups is 2. The Morgan fingerprint density at radius 1 is 1.07 bits per heavy atom. The zero-order chi connectivity index (χ0) is 21.1. The van der Waals surface area contributed by atoms with Gasteiger partial charge in [-0.2, -0.15) is 0 Å². The van der Waals surface area contributed by atoms with Gasteiger partial charge in [-0.3, -0.25) is 4.79 Å². The molecule has 4 rings (SSSR count). The van der Waals surface area contributed by atoms with Gasteiger partial charge in [0.15, 0.2) is 5.76 Å². The number of halogens is 1. The third-order valence-corrected chi connectivity index (χ3v) is 4.57. The summed E-state index contributed by atoms with van der Waals surface area (Å²) in [6, 6.07) is 17.8. The molecule has 0 atom stereocenters. The Kier molecular flexibility index (Phi) is 5.30. The molecule has 0 N–H and O–H groups in total. The number of methoxy groups -OCH3 is 1. The fourth-order valence-corrected chi connectivity index (χ4v) is 3.03. The fourth-order valence-electron chi connectivity index (χ4n) is 3.03. The Morgan fingerprint density at radius 2 is 1.87 bits per heavy atom. The third-order valence-electron chi connectivity index (χ3n) is 4.57. The van der Waals surface area contributed by atoms with Gasteiger partial charge in [0.2, 0.25) is 5.78 Å². The van der Waals surface area contributed by atoms with Crippen LogP contribution in [0.5, 0.6) is 11.5 Å². The molecular weight excluding hydrogens is 387 g/mol. The van der Waals surface area contributed by atoms with Crippen molar-refractivity contribution in [1.29, 1.82) is 0 Å². The minimum Gasteiger partial charge on any atom is -0.489 e. The van der Waals surface area contributed by atoms with Gasteiger partial charge in [-0.1, -0.05) is 24.3 Å². The summed E-state index contributed by atoms with van der Waals surface area (Å²) >= 11 is 0. The van der Waals surface area contributed by atoms with Crippen LogP contribution in [-0.2, 0) is 11.3 Å². The minimum absolute atomic E-state index is 0.131. The summed E-state index contributed by atoms with van der Waals surface area (Å²) in [6.07, 6.45) is 1.51. The van der Waals surface area contributed by atoms with E-state index in [1.807, 2.05) is 0 Å². The van der Waals surface area contributed by atoms with Gasteiger partial charge in [0, 0.05) is 6.07 Å². The summed E-state index contributed by atoms with van der Waals surface area (Å²) in [5.41, 5.74) is 2.29. The van der Waals surface area contributed by atoms with Gasteiger partial charge < -0.3 is 14.2 Å². The molecule has 6 heteroatoms. The number of ether oxygens (including phenoxy) is 3. The van der Waals surface area contributed by atoms with Crippen LogP contribution in [0.4, 0.5) is 4.39 Å². The number of rotatable bonds is 5. The van der Waals surface area contributed by atoms with Crippen LogP contribution in [0.3, 0.4) is 0 Å². The number of ketones is 1. The number of carbonyl (C=O) groups excluding carboxylic acids is 2. The van der Waals surface area contributed by atoms with E-state index in [-0.39, 0.29) is 24.0 Å². The van der Waals surface area contributed by atoms with Crippen LogP contribution in [0, 0.1) is 5.82 Å². The summed E-state index contributed by atoms with van der Waals surface area (Å²) in [7, 11) is 1.33. The molecule has 0 saturated heterocycles. The second kappa shape index (κ2) is 8.21. The number of esters is 1. The van der Waals surface area contributed by atoms with Crippen molar-refractivity contribution in [2.24, 2.45) is 0 Å². The highest BCUT2D eigenvalue weighted by molar-refractivity contribution is 6.14. The molecule has 0 aliphatic carbocycles. The van der Waals surface area contributed by atoms with Gasteiger partial charge in [-0.25, -0.2) is 9.18 Å². The van der Waals surface area contributed by atoms with E-state index in [1.54, 1.807) is 54.6 Å². The largest absolute Gasteiger partial charge is 0.489 e. The van der Waals surface area contributed by atoms with Gasteiger partial charge >= 0.3 is 5.97 Å². The molecule has 3 aromatic carbocycles. The maximum atomic E-state index is 13.4. The van der Waals surface area contributed by atoms with Gasteiger partial charge in [0.1, 0.15) is 23.9 Å². The second-order valence-electron chi connectivity index (χ2n) is 6.63. The van der Waals surface area contributed by atoms with Gasteiger partial charge in [0.05, 0.1) is 18.2 Å². The summed E-state index contributed by atoms with van der Waals surface area (Å²) in [4.78, 5) is 24.0. The van der Waals surface area contributed by atoms with E-state index in [0.717, 1.165) is 5.56 Å². The monoisotopic (exact) mass is 404 g/mol. The molecule has 0 fully saturated rings. The first kappa shape index (κ1) is 19.4. The Balaban J connectivity index is 1.46. The molecule has 0 spiro atoms. The van der Waals surface area contributed by atoms with Crippen molar-refractivity contribution in [3.8, 4) is 11.5 Å². The molecule has 0 bridgehead atoms. The lowest BCUT2D eigenvalue weighted by atomic mass is 10.1. The van der Waals surface area contributed by atoms with Crippen molar-refractivity contribution in [1.82, 2.24) is 0 Å². The smallest absolute Gasteiger partial charge is 0.337 e. The van der Waals surface area contributed by atoms with Crippen LogP contribution < -0.4 is 9.47 Å². The van der Waals surface area contributed by atoms with Crippen LogP contribution in [0.15, 0.2) is 72.5 Å². The van der Waals surface area contributed by atoms with Crippen LogP contribution in [0.1, 0.15) is 31.8 Å². The summed E-state index contributed by atoms with van der Waals surface area (Å²) in [5.74, 6) is 0.00442. The van der Waals surface area contributed by atoms with E-state index in [9.17, 15) is 14.0 Å². The zero-order valence-electron chi connectivity index (χ0n) is 16.1. The van der Waals surface area contributed by atoms with Gasteiger partial charge in [-0.05, 0) is 53.6 Å². The lowest BCUT2D eigenvalue weighted by molar-refractivity contribution is 0.0600. The molecule has 0 amide bonds. The van der Waals surface area contributed by atoms with E-state index in [1.165, 1.54) is 25.3 Å². The Morgan fingerprint density at radius 3 is 2.60 bits per heavy atom. The van der Waals surface area contributed by atoms with Crippen molar-refractivity contribution in [3.63, 3.8) is 0 Å². The van der Waals surface area contributed by atoms with E-state index in [2.05, 4.69) is 4.74 Å². The van der Waals surface area contributed by atoms with Crippen molar-refractivity contribution in [2.75, 3.05) is 7.11 Å². The lowest BCUT2D eigenvalue weighted by Gasteiger charge is -2.08. The topological polar surface area (TPSA) is 61.8 Å². The molecule has 5 nitrogen and oxygen atoms in total. The van der Waals surface area contributed by atoms with Crippen LogP contribution >= 0.6 is 0 Å². The fraction of sp³-hybridized carbons (Fsp3) is 0.0833. The van der Waals surface area contributed by atoms with E-state index in [0.29, 0.717) is 28.2 Å². The summed E-state index contributed by atoms with van der Waals surface area (Å²) in [5, 5.41) is 0. The quantitative estimate of drug-likeness (QED) is 0.451. The normalized spacial score (nSPS) is 13.7. The standard InChI is InChI=1S/C24H17FO5/c1-28-24(27)17-7-5-15(6-8-17)14-29-19-9-10-20-21(13-19)30-22(23(20)26)12-16-3-2-4-18(25)11-16/h2-13H,14H2,1H3. The van der Waals surface area contributed by atoms with E-state index >= 15 is 0 Å². The number of fused-ring (bicyclic) bond motifs is 1. The second-order valence-corrected chi connectivity index (χ2v) is 6.63.